The van der Waals surface area contributed by atoms with Gasteiger partial charge in [-0.2, -0.15) is 4.98 Å². The molecule has 0 saturated heterocycles. The molecule has 5 heteroatoms. The molecule has 1 heterocycles. The van der Waals surface area contributed by atoms with E-state index >= 15 is 0 Å². The molecule has 112 valence electrons. The number of hydrogen-bond acceptors (Lipinski definition) is 3. The van der Waals surface area contributed by atoms with Gasteiger partial charge in [0.15, 0.2) is 0 Å². The van der Waals surface area contributed by atoms with Gasteiger partial charge in [0, 0.05) is 23.5 Å². The summed E-state index contributed by atoms with van der Waals surface area (Å²) in [6, 6.07) is 0. The van der Waals surface area contributed by atoms with E-state index in [9.17, 15) is 9.59 Å². The van der Waals surface area contributed by atoms with Gasteiger partial charge in [0.05, 0.1) is 6.42 Å². The van der Waals surface area contributed by atoms with Crippen LogP contribution in [0.3, 0.4) is 0 Å². The number of carboxylic acid groups (broad SMARTS) is 1. The van der Waals surface area contributed by atoms with Crippen molar-refractivity contribution in [1.29, 1.82) is 0 Å². The summed E-state index contributed by atoms with van der Waals surface area (Å²) in [6.07, 6.45) is 3.02. The van der Waals surface area contributed by atoms with Crippen LogP contribution in [0.4, 0.5) is 0 Å². The molecule has 0 fully saturated rings. The van der Waals surface area contributed by atoms with Gasteiger partial charge in [-0.15, -0.1) is 0 Å². The molecule has 0 atom stereocenters. The zero-order valence-electron chi connectivity index (χ0n) is 12.8. The summed E-state index contributed by atoms with van der Waals surface area (Å²) in [5.41, 5.74) is 1.63. The first-order valence-electron chi connectivity index (χ1n) is 7.11. The van der Waals surface area contributed by atoms with Gasteiger partial charge in [0.1, 0.15) is 0 Å². The first kappa shape index (κ1) is 16.4. The number of hydrogen-bond donors (Lipinski definition) is 1. The van der Waals surface area contributed by atoms with Crippen molar-refractivity contribution in [3.8, 4) is 0 Å². The minimum absolute atomic E-state index is 0.0864. The Morgan fingerprint density at radius 2 is 1.95 bits per heavy atom. The number of aromatic nitrogens is 2. The van der Waals surface area contributed by atoms with E-state index < -0.39 is 5.97 Å². The molecule has 0 unspecified atom stereocenters. The number of rotatable bonds is 7. The predicted octanol–water partition coefficient (Wildman–Crippen LogP) is 2.31. The average molecular weight is 280 g/mol. The number of aliphatic carboxylic acids is 1. The molecule has 0 bridgehead atoms. The number of carboxylic acids is 1. The molecular formula is C15H24N2O3. The van der Waals surface area contributed by atoms with Crippen molar-refractivity contribution in [2.75, 3.05) is 0 Å². The van der Waals surface area contributed by atoms with Crippen LogP contribution in [0.2, 0.25) is 0 Å². The first-order valence-corrected chi connectivity index (χ1v) is 7.11. The SMILES string of the molecule is Cc1nc(=O)n(CCCCC(C)C)c(C)c1CC(=O)O. The summed E-state index contributed by atoms with van der Waals surface area (Å²) in [5, 5.41) is 8.94. The van der Waals surface area contributed by atoms with Gasteiger partial charge in [-0.05, 0) is 26.2 Å². The molecule has 0 aromatic carbocycles. The molecule has 0 aliphatic heterocycles. The molecule has 0 radical (unpaired) electrons. The number of nitrogens with zero attached hydrogens (tertiary/aromatic N) is 2. The Kier molecular flexibility index (Phi) is 5.92. The fourth-order valence-corrected chi connectivity index (χ4v) is 2.33. The molecule has 1 N–H and O–H groups in total. The highest BCUT2D eigenvalue weighted by molar-refractivity contribution is 5.70. The molecule has 0 saturated carbocycles. The van der Waals surface area contributed by atoms with E-state index in [-0.39, 0.29) is 12.1 Å². The molecule has 0 amide bonds. The van der Waals surface area contributed by atoms with Crippen molar-refractivity contribution in [3.63, 3.8) is 0 Å². The van der Waals surface area contributed by atoms with Crippen molar-refractivity contribution < 1.29 is 9.90 Å². The Hall–Kier alpha value is -1.65. The van der Waals surface area contributed by atoms with Crippen LogP contribution in [-0.2, 0) is 17.8 Å². The van der Waals surface area contributed by atoms with Gasteiger partial charge in [-0.3, -0.25) is 9.36 Å². The van der Waals surface area contributed by atoms with E-state index in [0.29, 0.717) is 23.7 Å². The minimum atomic E-state index is -0.900. The van der Waals surface area contributed by atoms with E-state index in [1.807, 2.05) is 0 Å². The van der Waals surface area contributed by atoms with Crippen molar-refractivity contribution in [1.82, 2.24) is 9.55 Å². The Balaban J connectivity index is 2.90. The van der Waals surface area contributed by atoms with E-state index in [2.05, 4.69) is 18.8 Å². The molecular weight excluding hydrogens is 256 g/mol. The first-order chi connectivity index (χ1) is 9.32. The molecule has 0 aliphatic carbocycles. The normalized spacial score (nSPS) is 11.1. The van der Waals surface area contributed by atoms with Crippen LogP contribution in [-0.4, -0.2) is 20.6 Å². The van der Waals surface area contributed by atoms with Crippen LogP contribution in [0.1, 0.15) is 50.1 Å². The summed E-state index contributed by atoms with van der Waals surface area (Å²) < 4.78 is 1.60. The number of unbranched alkanes of at least 4 members (excludes halogenated alkanes) is 1. The van der Waals surface area contributed by atoms with E-state index in [1.54, 1.807) is 18.4 Å². The average Bonchev–Trinajstić information content (AvgIpc) is 2.32. The highest BCUT2D eigenvalue weighted by atomic mass is 16.4. The van der Waals surface area contributed by atoms with Crippen molar-refractivity contribution >= 4 is 5.97 Å². The molecule has 5 nitrogen and oxygen atoms in total. The minimum Gasteiger partial charge on any atom is -0.481 e. The highest BCUT2D eigenvalue weighted by Crippen LogP contribution is 2.12. The smallest absolute Gasteiger partial charge is 0.347 e. The Morgan fingerprint density at radius 3 is 2.50 bits per heavy atom. The standard InChI is InChI=1S/C15H24N2O3/c1-10(2)7-5-6-8-17-12(4)13(9-14(18)19)11(3)16-15(17)20/h10H,5-9H2,1-4H3,(H,18,19). The largest absolute Gasteiger partial charge is 0.481 e. The second-order valence-electron chi connectivity index (χ2n) is 5.66. The summed E-state index contributed by atoms with van der Waals surface area (Å²) in [6.45, 7) is 8.45. The van der Waals surface area contributed by atoms with E-state index in [1.165, 1.54) is 0 Å². The zero-order valence-corrected chi connectivity index (χ0v) is 12.8. The van der Waals surface area contributed by atoms with Gasteiger partial charge in [0.25, 0.3) is 0 Å². The molecule has 1 aromatic heterocycles. The van der Waals surface area contributed by atoms with Crippen LogP contribution >= 0.6 is 0 Å². The monoisotopic (exact) mass is 280 g/mol. The molecule has 1 aromatic rings. The lowest BCUT2D eigenvalue weighted by atomic mass is 10.1. The Morgan fingerprint density at radius 1 is 1.30 bits per heavy atom. The van der Waals surface area contributed by atoms with Crippen LogP contribution in [0.5, 0.6) is 0 Å². The van der Waals surface area contributed by atoms with Gasteiger partial charge in [0.2, 0.25) is 0 Å². The van der Waals surface area contributed by atoms with Gasteiger partial charge in [-0.25, -0.2) is 4.79 Å². The second kappa shape index (κ2) is 7.22. The summed E-state index contributed by atoms with van der Waals surface area (Å²) in [5.74, 6) is -0.241. The fourth-order valence-electron chi connectivity index (χ4n) is 2.33. The van der Waals surface area contributed by atoms with Crippen LogP contribution in [0, 0.1) is 19.8 Å². The predicted molar refractivity (Wildman–Crippen MR) is 78.0 cm³/mol. The zero-order chi connectivity index (χ0) is 15.3. The molecule has 0 aliphatic rings. The van der Waals surface area contributed by atoms with Crippen LogP contribution in [0.25, 0.3) is 0 Å². The lowest BCUT2D eigenvalue weighted by molar-refractivity contribution is -0.136. The molecule has 1 rings (SSSR count). The highest BCUT2D eigenvalue weighted by Gasteiger charge is 2.13. The van der Waals surface area contributed by atoms with E-state index in [4.69, 9.17) is 5.11 Å². The van der Waals surface area contributed by atoms with Crippen LogP contribution in [0.15, 0.2) is 4.79 Å². The lowest BCUT2D eigenvalue weighted by Gasteiger charge is -2.14. The van der Waals surface area contributed by atoms with Gasteiger partial charge < -0.3 is 5.11 Å². The second-order valence-corrected chi connectivity index (χ2v) is 5.66. The van der Waals surface area contributed by atoms with Crippen molar-refractivity contribution in [3.05, 3.63) is 27.4 Å². The summed E-state index contributed by atoms with van der Waals surface area (Å²) in [7, 11) is 0. The van der Waals surface area contributed by atoms with Crippen molar-refractivity contribution in [2.45, 2.75) is 59.9 Å². The summed E-state index contributed by atoms with van der Waals surface area (Å²) >= 11 is 0. The van der Waals surface area contributed by atoms with Gasteiger partial charge in [-0.1, -0.05) is 26.7 Å². The summed E-state index contributed by atoms with van der Waals surface area (Å²) in [4.78, 5) is 26.8. The lowest BCUT2D eigenvalue weighted by Crippen LogP contribution is -2.28. The number of aryl methyl sites for hydroxylation is 1. The molecule has 0 spiro atoms. The maximum absolute atomic E-state index is 11.9. The fraction of sp³-hybridized carbons (Fsp3) is 0.667. The maximum Gasteiger partial charge on any atom is 0.347 e. The third-order valence-corrected chi connectivity index (χ3v) is 3.51. The maximum atomic E-state index is 11.9. The Bertz CT molecular complexity index is 533. The van der Waals surface area contributed by atoms with Crippen molar-refractivity contribution in [2.24, 2.45) is 5.92 Å². The molecule has 20 heavy (non-hydrogen) atoms. The number of carbonyl (C=O) groups is 1. The van der Waals surface area contributed by atoms with Gasteiger partial charge >= 0.3 is 11.7 Å². The van der Waals surface area contributed by atoms with Crippen LogP contribution < -0.4 is 5.69 Å². The Labute approximate surface area is 119 Å². The topological polar surface area (TPSA) is 72.2 Å². The third-order valence-electron chi connectivity index (χ3n) is 3.51. The third kappa shape index (κ3) is 4.47. The van der Waals surface area contributed by atoms with E-state index in [0.717, 1.165) is 25.0 Å². The quantitative estimate of drug-likeness (QED) is 0.778.